The molecule has 7 heteroatoms. The first-order valence-corrected chi connectivity index (χ1v) is 7.73. The molecule has 1 fully saturated rings. The number of anilines is 1. The lowest BCUT2D eigenvalue weighted by Crippen LogP contribution is -2.49. The topological polar surface area (TPSA) is 73.9 Å². The molecular weight excluding hydrogens is 278 g/mol. The third kappa shape index (κ3) is 2.74. The minimum atomic E-state index is 0.434. The van der Waals surface area contributed by atoms with Crippen LogP contribution in [-0.4, -0.2) is 56.9 Å². The lowest BCUT2D eigenvalue weighted by atomic mass is 10.2. The number of aryl methyl sites for hydroxylation is 1. The highest BCUT2D eigenvalue weighted by molar-refractivity contribution is 5.86. The second-order valence-corrected chi connectivity index (χ2v) is 5.83. The molecule has 1 aliphatic heterocycles. The first-order valence-electron chi connectivity index (χ1n) is 7.73. The zero-order valence-electron chi connectivity index (χ0n) is 13.1. The maximum atomic E-state index is 8.73. The largest absolute Gasteiger partial charge is 0.353 e. The van der Waals surface area contributed by atoms with Gasteiger partial charge in [-0.2, -0.15) is 10.4 Å². The van der Waals surface area contributed by atoms with Gasteiger partial charge in [-0.15, -0.1) is 0 Å². The number of aromatic nitrogens is 4. The van der Waals surface area contributed by atoms with Gasteiger partial charge in [0.15, 0.2) is 5.65 Å². The van der Waals surface area contributed by atoms with Crippen LogP contribution in [0, 0.1) is 11.3 Å². The predicted octanol–water partition coefficient (Wildman–Crippen LogP) is 1.27. The minimum absolute atomic E-state index is 0.434. The van der Waals surface area contributed by atoms with E-state index >= 15 is 0 Å². The van der Waals surface area contributed by atoms with Gasteiger partial charge in [-0.1, -0.05) is 0 Å². The monoisotopic (exact) mass is 299 g/mol. The number of rotatable bonds is 4. The second kappa shape index (κ2) is 6.28. The van der Waals surface area contributed by atoms with Crippen LogP contribution in [0.15, 0.2) is 12.5 Å². The van der Waals surface area contributed by atoms with Crippen LogP contribution in [0.2, 0.25) is 0 Å². The van der Waals surface area contributed by atoms with Crippen LogP contribution in [0.25, 0.3) is 11.0 Å². The van der Waals surface area contributed by atoms with Gasteiger partial charge in [0.25, 0.3) is 0 Å². The average Bonchev–Trinajstić information content (AvgIpc) is 2.96. The standard InChI is InChI=1S/C15H21N7/c1-12(2)20-6-8-21(9-7-20)14-13-10-19-22(5-3-4-16)15(13)18-11-17-14/h10-12H,3,5-9H2,1-2H3. The lowest BCUT2D eigenvalue weighted by Gasteiger charge is -2.37. The van der Waals surface area contributed by atoms with Gasteiger partial charge in [0.05, 0.1) is 30.6 Å². The fraction of sp³-hybridized carbons (Fsp3) is 0.600. The summed E-state index contributed by atoms with van der Waals surface area (Å²) in [6.07, 6.45) is 3.84. The lowest BCUT2D eigenvalue weighted by molar-refractivity contribution is 0.209. The Labute approximate surface area is 130 Å². The molecule has 0 aliphatic carbocycles. The fourth-order valence-corrected chi connectivity index (χ4v) is 2.90. The molecule has 3 rings (SSSR count). The van der Waals surface area contributed by atoms with E-state index in [1.165, 1.54) is 0 Å². The molecule has 2 aromatic heterocycles. The minimum Gasteiger partial charge on any atom is -0.353 e. The Morgan fingerprint density at radius 2 is 2.00 bits per heavy atom. The molecule has 7 nitrogen and oxygen atoms in total. The molecule has 3 heterocycles. The number of fused-ring (bicyclic) bond motifs is 1. The summed E-state index contributed by atoms with van der Waals surface area (Å²) in [5.41, 5.74) is 0.812. The molecule has 0 spiro atoms. The maximum absolute atomic E-state index is 8.73. The number of piperazine rings is 1. The van der Waals surface area contributed by atoms with Gasteiger partial charge in [0, 0.05) is 32.2 Å². The smallest absolute Gasteiger partial charge is 0.163 e. The van der Waals surface area contributed by atoms with Crippen LogP contribution in [0.5, 0.6) is 0 Å². The maximum Gasteiger partial charge on any atom is 0.163 e. The molecule has 1 aliphatic rings. The summed E-state index contributed by atoms with van der Waals surface area (Å²) < 4.78 is 1.79. The van der Waals surface area contributed by atoms with Gasteiger partial charge >= 0.3 is 0 Å². The summed E-state index contributed by atoms with van der Waals surface area (Å²) >= 11 is 0. The molecule has 0 N–H and O–H groups in total. The number of nitrogens with zero attached hydrogens (tertiary/aromatic N) is 7. The van der Waals surface area contributed by atoms with Crippen molar-refractivity contribution in [3.8, 4) is 6.07 Å². The Morgan fingerprint density at radius 3 is 2.68 bits per heavy atom. The van der Waals surface area contributed by atoms with Crippen molar-refractivity contribution in [3.05, 3.63) is 12.5 Å². The van der Waals surface area contributed by atoms with Crippen molar-refractivity contribution < 1.29 is 0 Å². The van der Waals surface area contributed by atoms with E-state index in [1.807, 2.05) is 6.20 Å². The summed E-state index contributed by atoms with van der Waals surface area (Å²) in [7, 11) is 0. The Morgan fingerprint density at radius 1 is 1.23 bits per heavy atom. The molecule has 116 valence electrons. The van der Waals surface area contributed by atoms with Crippen LogP contribution in [0.3, 0.4) is 0 Å². The second-order valence-electron chi connectivity index (χ2n) is 5.83. The highest BCUT2D eigenvalue weighted by Crippen LogP contribution is 2.24. The van der Waals surface area contributed by atoms with Gasteiger partial charge in [0.1, 0.15) is 12.1 Å². The molecular formula is C15H21N7. The van der Waals surface area contributed by atoms with E-state index < -0.39 is 0 Å². The first-order chi connectivity index (χ1) is 10.7. The molecule has 0 bridgehead atoms. The van der Waals surface area contributed by atoms with E-state index in [0.29, 0.717) is 19.0 Å². The SMILES string of the molecule is CC(C)N1CCN(c2ncnc3c2cnn3CCC#N)CC1. The van der Waals surface area contributed by atoms with Gasteiger partial charge < -0.3 is 4.90 Å². The zero-order chi connectivity index (χ0) is 15.5. The van der Waals surface area contributed by atoms with Crippen molar-refractivity contribution in [3.63, 3.8) is 0 Å². The number of hydrogen-bond donors (Lipinski definition) is 0. The van der Waals surface area contributed by atoms with Crippen LogP contribution in [0.4, 0.5) is 5.82 Å². The number of nitriles is 1. The van der Waals surface area contributed by atoms with Gasteiger partial charge in [-0.05, 0) is 13.8 Å². The van der Waals surface area contributed by atoms with Crippen LogP contribution in [-0.2, 0) is 6.54 Å². The normalized spacial score (nSPS) is 16.4. The highest BCUT2D eigenvalue weighted by atomic mass is 15.3. The molecule has 0 atom stereocenters. The van der Waals surface area contributed by atoms with Crippen LogP contribution < -0.4 is 4.90 Å². The van der Waals surface area contributed by atoms with E-state index in [4.69, 9.17) is 5.26 Å². The van der Waals surface area contributed by atoms with E-state index in [0.717, 1.165) is 43.0 Å². The molecule has 22 heavy (non-hydrogen) atoms. The van der Waals surface area contributed by atoms with E-state index in [9.17, 15) is 0 Å². The van der Waals surface area contributed by atoms with Crippen molar-refractivity contribution in [1.82, 2.24) is 24.6 Å². The van der Waals surface area contributed by atoms with Crippen LogP contribution >= 0.6 is 0 Å². The van der Waals surface area contributed by atoms with E-state index in [2.05, 4.69) is 44.8 Å². The third-order valence-corrected chi connectivity index (χ3v) is 4.19. The molecule has 0 unspecified atom stereocenters. The average molecular weight is 299 g/mol. The third-order valence-electron chi connectivity index (χ3n) is 4.19. The Kier molecular flexibility index (Phi) is 4.20. The summed E-state index contributed by atoms with van der Waals surface area (Å²) in [6, 6.07) is 2.73. The van der Waals surface area contributed by atoms with Gasteiger partial charge in [-0.3, -0.25) is 4.90 Å². The van der Waals surface area contributed by atoms with Crippen molar-refractivity contribution in [1.29, 1.82) is 5.26 Å². The molecule has 0 amide bonds. The van der Waals surface area contributed by atoms with Gasteiger partial charge in [0.2, 0.25) is 0 Å². The summed E-state index contributed by atoms with van der Waals surface area (Å²) in [5, 5.41) is 14.1. The van der Waals surface area contributed by atoms with E-state index in [-0.39, 0.29) is 0 Å². The summed E-state index contributed by atoms with van der Waals surface area (Å²) in [4.78, 5) is 13.6. The highest BCUT2D eigenvalue weighted by Gasteiger charge is 2.22. The molecule has 0 radical (unpaired) electrons. The van der Waals surface area contributed by atoms with Gasteiger partial charge in [-0.25, -0.2) is 14.6 Å². The van der Waals surface area contributed by atoms with Crippen molar-refractivity contribution in [2.24, 2.45) is 0 Å². The van der Waals surface area contributed by atoms with Crippen molar-refractivity contribution in [2.45, 2.75) is 32.9 Å². The number of hydrogen-bond acceptors (Lipinski definition) is 6. The zero-order valence-corrected chi connectivity index (χ0v) is 13.1. The Balaban J connectivity index is 1.83. The summed E-state index contributed by atoms with van der Waals surface area (Å²) in [6.45, 7) is 9.06. The fourth-order valence-electron chi connectivity index (χ4n) is 2.90. The Hall–Kier alpha value is -2.20. The molecule has 1 saturated heterocycles. The molecule has 2 aromatic rings. The molecule has 0 aromatic carbocycles. The Bertz CT molecular complexity index is 677. The van der Waals surface area contributed by atoms with Crippen molar-refractivity contribution in [2.75, 3.05) is 31.1 Å². The summed E-state index contributed by atoms with van der Waals surface area (Å²) in [5.74, 6) is 0.955. The van der Waals surface area contributed by atoms with E-state index in [1.54, 1.807) is 11.0 Å². The van der Waals surface area contributed by atoms with Crippen molar-refractivity contribution >= 4 is 16.9 Å². The molecule has 0 saturated carbocycles. The predicted molar refractivity (Wildman–Crippen MR) is 84.5 cm³/mol. The quantitative estimate of drug-likeness (QED) is 0.846. The first kappa shape index (κ1) is 14.7. The van der Waals surface area contributed by atoms with Crippen LogP contribution in [0.1, 0.15) is 20.3 Å².